The fourth-order valence-electron chi connectivity index (χ4n) is 4.84. The van der Waals surface area contributed by atoms with Gasteiger partial charge in [-0.25, -0.2) is 4.98 Å². The second kappa shape index (κ2) is 17.1. The Kier molecular flexibility index (Phi) is 14.3. The minimum absolute atomic E-state index is 0.829. The van der Waals surface area contributed by atoms with E-state index in [1.165, 1.54) is 116 Å². The first-order chi connectivity index (χ1) is 15.7. The van der Waals surface area contributed by atoms with Crippen LogP contribution in [0.25, 0.3) is 0 Å². The topological polar surface area (TPSA) is 45.4 Å². The fourth-order valence-corrected chi connectivity index (χ4v) is 4.84. The summed E-state index contributed by atoms with van der Waals surface area (Å²) in [5, 5.41) is 0. The van der Waals surface area contributed by atoms with E-state index in [2.05, 4.69) is 23.8 Å². The maximum atomic E-state index is 6.16. The van der Waals surface area contributed by atoms with Crippen molar-refractivity contribution in [3.05, 3.63) is 12.1 Å². The summed E-state index contributed by atoms with van der Waals surface area (Å²) in [6.07, 6.45) is 25.1. The molecule has 4 nitrogen and oxygen atoms in total. The number of pyridine rings is 1. The third kappa shape index (κ3) is 11.4. The molecule has 32 heavy (non-hydrogen) atoms. The zero-order chi connectivity index (χ0) is 22.9. The molecule has 0 amide bonds. The highest BCUT2D eigenvalue weighted by molar-refractivity contribution is 5.59. The van der Waals surface area contributed by atoms with Crippen molar-refractivity contribution < 1.29 is 0 Å². The SMILES string of the molecule is CCCCCCCCCCCCCCCCCCN(C)c1cc(N)cc(N2CCCC2)n1. The van der Waals surface area contributed by atoms with Crippen molar-refractivity contribution in [2.24, 2.45) is 0 Å². The minimum atomic E-state index is 0.829. The van der Waals surface area contributed by atoms with Crippen LogP contribution in [0.3, 0.4) is 0 Å². The highest BCUT2D eigenvalue weighted by Gasteiger charge is 2.15. The van der Waals surface area contributed by atoms with Crippen molar-refractivity contribution >= 4 is 17.3 Å². The lowest BCUT2D eigenvalue weighted by Crippen LogP contribution is -2.23. The Labute approximate surface area is 199 Å². The van der Waals surface area contributed by atoms with Crippen molar-refractivity contribution in [1.82, 2.24) is 4.98 Å². The molecule has 0 unspecified atom stereocenters. The van der Waals surface area contributed by atoms with Crippen molar-refractivity contribution in [2.75, 3.05) is 42.2 Å². The van der Waals surface area contributed by atoms with Gasteiger partial charge in [0, 0.05) is 44.5 Å². The molecule has 1 fully saturated rings. The van der Waals surface area contributed by atoms with E-state index in [9.17, 15) is 0 Å². The first-order valence-electron chi connectivity index (χ1n) is 13.9. The second-order valence-electron chi connectivity index (χ2n) is 10.0. The number of unbranched alkanes of at least 4 members (excludes halogenated alkanes) is 15. The molecule has 0 spiro atoms. The molecule has 4 heteroatoms. The summed E-state index contributed by atoms with van der Waals surface area (Å²) in [6, 6.07) is 4.04. The summed E-state index contributed by atoms with van der Waals surface area (Å²) >= 11 is 0. The number of anilines is 3. The van der Waals surface area contributed by atoms with Crippen LogP contribution in [0.2, 0.25) is 0 Å². The van der Waals surface area contributed by atoms with E-state index in [0.717, 1.165) is 37.0 Å². The summed E-state index contributed by atoms with van der Waals surface area (Å²) in [5.74, 6) is 2.07. The third-order valence-electron chi connectivity index (χ3n) is 6.99. The predicted molar refractivity (Wildman–Crippen MR) is 143 cm³/mol. The number of hydrogen-bond donors (Lipinski definition) is 1. The molecule has 1 saturated heterocycles. The molecule has 1 aromatic heterocycles. The molecule has 0 aromatic carbocycles. The molecule has 1 aromatic rings. The first-order valence-corrected chi connectivity index (χ1v) is 13.9. The predicted octanol–water partition coefficient (Wildman–Crippen LogP) is 7.96. The fraction of sp³-hybridized carbons (Fsp3) is 0.821. The molecule has 2 rings (SSSR count). The van der Waals surface area contributed by atoms with Crippen LogP contribution in [0.5, 0.6) is 0 Å². The van der Waals surface area contributed by atoms with Gasteiger partial charge in [0.25, 0.3) is 0 Å². The number of nitrogens with zero attached hydrogens (tertiary/aromatic N) is 3. The highest BCUT2D eigenvalue weighted by atomic mass is 15.2. The van der Waals surface area contributed by atoms with Crippen LogP contribution >= 0.6 is 0 Å². The lowest BCUT2D eigenvalue weighted by molar-refractivity contribution is 0.529. The van der Waals surface area contributed by atoms with E-state index in [1.54, 1.807) is 0 Å². The van der Waals surface area contributed by atoms with Crippen LogP contribution in [-0.4, -0.2) is 31.7 Å². The van der Waals surface area contributed by atoms with E-state index in [-0.39, 0.29) is 0 Å². The average Bonchev–Trinajstić information content (AvgIpc) is 3.33. The molecule has 0 atom stereocenters. The molecule has 184 valence electrons. The normalized spacial score (nSPS) is 13.8. The monoisotopic (exact) mass is 444 g/mol. The smallest absolute Gasteiger partial charge is 0.133 e. The van der Waals surface area contributed by atoms with Crippen LogP contribution in [0.1, 0.15) is 122 Å². The summed E-state index contributed by atoms with van der Waals surface area (Å²) < 4.78 is 0. The van der Waals surface area contributed by atoms with Crippen LogP contribution in [-0.2, 0) is 0 Å². The maximum absolute atomic E-state index is 6.16. The second-order valence-corrected chi connectivity index (χ2v) is 10.0. The van der Waals surface area contributed by atoms with Crippen LogP contribution in [0.15, 0.2) is 12.1 Å². The quantitative estimate of drug-likeness (QED) is 0.220. The third-order valence-corrected chi connectivity index (χ3v) is 6.99. The Morgan fingerprint density at radius 2 is 1.22 bits per heavy atom. The Hall–Kier alpha value is -1.45. The number of hydrogen-bond acceptors (Lipinski definition) is 4. The summed E-state index contributed by atoms with van der Waals surface area (Å²) in [7, 11) is 2.15. The van der Waals surface area contributed by atoms with Gasteiger partial charge in [0.2, 0.25) is 0 Å². The van der Waals surface area contributed by atoms with Crippen molar-refractivity contribution in [2.45, 2.75) is 122 Å². The Balaban J connectivity index is 1.43. The van der Waals surface area contributed by atoms with Gasteiger partial charge in [-0.1, -0.05) is 103 Å². The van der Waals surface area contributed by atoms with Crippen LogP contribution in [0.4, 0.5) is 17.3 Å². The molecule has 0 saturated carbocycles. The van der Waals surface area contributed by atoms with Gasteiger partial charge in [0.1, 0.15) is 11.6 Å². The zero-order valence-electron chi connectivity index (χ0n) is 21.4. The molecule has 1 aliphatic heterocycles. The van der Waals surface area contributed by atoms with Crippen molar-refractivity contribution in [3.8, 4) is 0 Å². The lowest BCUT2D eigenvalue weighted by atomic mass is 10.0. The molecule has 2 N–H and O–H groups in total. The number of nitrogens with two attached hydrogens (primary N) is 1. The Bertz CT molecular complexity index is 583. The molecule has 0 aliphatic carbocycles. The standard InChI is InChI=1S/C28H52N4/c1-3-4-5-6-7-8-9-10-11-12-13-14-15-16-17-18-21-31(2)27-24-26(29)25-28(30-27)32-22-19-20-23-32/h24-25H,3-23H2,1-2H3,(H2,29,30). The maximum Gasteiger partial charge on any atom is 0.133 e. The minimum Gasteiger partial charge on any atom is -0.399 e. The lowest BCUT2D eigenvalue weighted by Gasteiger charge is -2.22. The van der Waals surface area contributed by atoms with E-state index in [1.807, 2.05) is 12.1 Å². The van der Waals surface area contributed by atoms with Gasteiger partial charge < -0.3 is 15.5 Å². The summed E-state index contributed by atoms with van der Waals surface area (Å²) in [6.45, 7) is 5.58. The van der Waals surface area contributed by atoms with E-state index in [4.69, 9.17) is 10.7 Å². The molecule has 1 aliphatic rings. The average molecular weight is 445 g/mol. The Morgan fingerprint density at radius 1 is 0.750 bits per heavy atom. The molecule has 2 heterocycles. The summed E-state index contributed by atoms with van der Waals surface area (Å²) in [5.41, 5.74) is 6.99. The Morgan fingerprint density at radius 3 is 1.72 bits per heavy atom. The number of rotatable bonds is 19. The van der Waals surface area contributed by atoms with Gasteiger partial charge in [0.05, 0.1) is 0 Å². The van der Waals surface area contributed by atoms with Gasteiger partial charge >= 0.3 is 0 Å². The zero-order valence-corrected chi connectivity index (χ0v) is 21.4. The van der Waals surface area contributed by atoms with E-state index >= 15 is 0 Å². The van der Waals surface area contributed by atoms with E-state index in [0.29, 0.717) is 0 Å². The van der Waals surface area contributed by atoms with Gasteiger partial charge in [0.15, 0.2) is 0 Å². The van der Waals surface area contributed by atoms with Gasteiger partial charge in [-0.05, 0) is 19.3 Å². The number of nitrogen functional groups attached to an aromatic ring is 1. The van der Waals surface area contributed by atoms with Crippen LogP contribution < -0.4 is 15.5 Å². The first kappa shape index (κ1) is 26.8. The van der Waals surface area contributed by atoms with Gasteiger partial charge in [-0.2, -0.15) is 0 Å². The van der Waals surface area contributed by atoms with Crippen LogP contribution in [0, 0.1) is 0 Å². The molecule has 0 bridgehead atoms. The van der Waals surface area contributed by atoms with Crippen molar-refractivity contribution in [1.29, 1.82) is 0 Å². The highest BCUT2D eigenvalue weighted by Crippen LogP contribution is 2.25. The van der Waals surface area contributed by atoms with Gasteiger partial charge in [-0.3, -0.25) is 0 Å². The molecular weight excluding hydrogens is 392 g/mol. The molecular formula is C28H52N4. The van der Waals surface area contributed by atoms with Crippen molar-refractivity contribution in [3.63, 3.8) is 0 Å². The summed E-state index contributed by atoms with van der Waals surface area (Å²) in [4.78, 5) is 9.52. The van der Waals surface area contributed by atoms with Gasteiger partial charge in [-0.15, -0.1) is 0 Å². The van der Waals surface area contributed by atoms with E-state index < -0.39 is 0 Å². The number of aromatic nitrogens is 1. The molecule has 0 radical (unpaired) electrons. The largest absolute Gasteiger partial charge is 0.399 e.